The highest BCUT2D eigenvalue weighted by Gasteiger charge is 2.51. The van der Waals surface area contributed by atoms with Crippen LogP contribution in [-0.2, 0) is 23.7 Å². The molecule has 2 aliphatic heterocycles. The molecule has 0 aliphatic carbocycles. The molecule has 9 N–H and O–H groups in total. The molecule has 0 aromatic carbocycles. The van der Waals surface area contributed by atoms with E-state index >= 15 is 0 Å². The van der Waals surface area contributed by atoms with Crippen LogP contribution in [0.4, 0.5) is 0 Å². The van der Waals surface area contributed by atoms with E-state index in [1.54, 1.807) is 6.08 Å². The Kier molecular flexibility index (Phi) is 35.3. The Balaban J connectivity index is 1.88. The van der Waals surface area contributed by atoms with E-state index in [-0.39, 0.29) is 18.9 Å². The van der Waals surface area contributed by atoms with Gasteiger partial charge in [0.15, 0.2) is 12.6 Å². The van der Waals surface area contributed by atoms with Gasteiger partial charge in [-0.25, -0.2) is 0 Å². The van der Waals surface area contributed by atoms with Crippen molar-refractivity contribution in [3.8, 4) is 0 Å². The molecule has 2 rings (SSSR count). The van der Waals surface area contributed by atoms with Gasteiger partial charge in [0.1, 0.15) is 48.8 Å². The highest BCUT2D eigenvalue weighted by Crippen LogP contribution is 2.30. The zero-order chi connectivity index (χ0) is 48.2. The van der Waals surface area contributed by atoms with Crippen molar-refractivity contribution in [1.29, 1.82) is 0 Å². The second-order valence-corrected chi connectivity index (χ2v) is 18.3. The largest absolute Gasteiger partial charge is 0.394 e. The number of aliphatic hydroxyl groups excluding tert-OH is 8. The molecule has 0 bridgehead atoms. The Morgan fingerprint density at radius 3 is 1.48 bits per heavy atom. The van der Waals surface area contributed by atoms with E-state index < -0.39 is 86.8 Å². The van der Waals surface area contributed by atoms with Crippen LogP contribution >= 0.6 is 0 Å². The van der Waals surface area contributed by atoms with Crippen LogP contribution in [0, 0.1) is 0 Å². The Morgan fingerprint density at radius 2 is 0.970 bits per heavy atom. The first kappa shape index (κ1) is 60.1. The number of aliphatic hydroxyl groups is 8. The number of hydrogen-bond acceptors (Lipinski definition) is 13. The van der Waals surface area contributed by atoms with Crippen molar-refractivity contribution >= 4 is 5.91 Å². The minimum atomic E-state index is -1.79. The molecule has 384 valence electrons. The molecule has 0 saturated carbocycles. The number of unbranched alkanes of at least 4 members (excludes halogenated alkanes) is 20. The van der Waals surface area contributed by atoms with Gasteiger partial charge in [-0.05, 0) is 70.6 Å². The Morgan fingerprint density at radius 1 is 0.530 bits per heavy atom. The third-order valence-electron chi connectivity index (χ3n) is 12.5. The van der Waals surface area contributed by atoms with E-state index in [4.69, 9.17) is 18.9 Å². The SMILES string of the molecule is CCCCCCC/C=C\CCCCCCCC(=O)NC(COC1OC(CO)C(OC2OC(CO)C(O)C(O)C2O)C(O)C1O)C(O)/C=C/CC/C=C/CC/C=C/CCCCCCCCCC. The van der Waals surface area contributed by atoms with Gasteiger partial charge < -0.3 is 65.1 Å². The summed E-state index contributed by atoms with van der Waals surface area (Å²) in [5.41, 5.74) is 0. The van der Waals surface area contributed by atoms with Crippen LogP contribution in [0.3, 0.4) is 0 Å². The number of rotatable bonds is 39. The van der Waals surface area contributed by atoms with E-state index in [0.717, 1.165) is 64.2 Å². The molecule has 2 saturated heterocycles. The lowest BCUT2D eigenvalue weighted by Gasteiger charge is -2.46. The van der Waals surface area contributed by atoms with Crippen LogP contribution in [0.1, 0.15) is 181 Å². The smallest absolute Gasteiger partial charge is 0.220 e. The van der Waals surface area contributed by atoms with Crippen molar-refractivity contribution < 1.29 is 64.6 Å². The van der Waals surface area contributed by atoms with Gasteiger partial charge in [-0.15, -0.1) is 0 Å². The molecule has 12 unspecified atom stereocenters. The minimum absolute atomic E-state index is 0.259. The summed E-state index contributed by atoms with van der Waals surface area (Å²) in [7, 11) is 0. The van der Waals surface area contributed by atoms with Gasteiger partial charge >= 0.3 is 0 Å². The van der Waals surface area contributed by atoms with Crippen LogP contribution in [0.15, 0.2) is 48.6 Å². The lowest BCUT2D eigenvalue weighted by Crippen LogP contribution is -2.65. The molecule has 2 heterocycles. The summed E-state index contributed by atoms with van der Waals surface area (Å²) in [6, 6.07) is -0.941. The third-order valence-corrected chi connectivity index (χ3v) is 12.5. The van der Waals surface area contributed by atoms with Crippen molar-refractivity contribution in [2.24, 2.45) is 0 Å². The first-order chi connectivity index (χ1) is 32.1. The molecule has 66 heavy (non-hydrogen) atoms. The first-order valence-corrected chi connectivity index (χ1v) is 25.9. The zero-order valence-electron chi connectivity index (χ0n) is 40.7. The molecular weight excluding hydrogens is 847 g/mol. The van der Waals surface area contributed by atoms with E-state index in [1.165, 1.54) is 83.5 Å². The molecule has 0 aromatic rings. The number of amides is 1. The Bertz CT molecular complexity index is 1290. The normalized spacial score (nSPS) is 27.2. The van der Waals surface area contributed by atoms with E-state index in [9.17, 15) is 45.6 Å². The van der Waals surface area contributed by atoms with Crippen LogP contribution in [0.25, 0.3) is 0 Å². The number of carbonyl (C=O) groups excluding carboxylic acids is 1. The monoisotopic (exact) mass is 940 g/mol. The highest BCUT2D eigenvalue weighted by molar-refractivity contribution is 5.76. The van der Waals surface area contributed by atoms with Crippen LogP contribution < -0.4 is 5.32 Å². The first-order valence-electron chi connectivity index (χ1n) is 25.9. The molecule has 14 nitrogen and oxygen atoms in total. The molecule has 2 aliphatic rings. The van der Waals surface area contributed by atoms with Crippen LogP contribution in [0.5, 0.6) is 0 Å². The average molecular weight is 940 g/mol. The lowest BCUT2D eigenvalue weighted by molar-refractivity contribution is -0.359. The maximum absolute atomic E-state index is 13.2. The molecule has 2 fully saturated rings. The van der Waals surface area contributed by atoms with Crippen molar-refractivity contribution in [3.05, 3.63) is 48.6 Å². The van der Waals surface area contributed by atoms with Crippen molar-refractivity contribution in [3.63, 3.8) is 0 Å². The Labute approximate surface area is 397 Å². The molecule has 14 heteroatoms. The number of hydrogen-bond donors (Lipinski definition) is 9. The number of carbonyl (C=O) groups is 1. The summed E-state index contributed by atoms with van der Waals surface area (Å²) in [5.74, 6) is -0.265. The third kappa shape index (κ3) is 25.5. The van der Waals surface area contributed by atoms with Gasteiger partial charge in [0.25, 0.3) is 0 Å². The standard InChI is InChI=1S/C52H93NO13/c1-3-5-7-9-11-13-15-17-19-20-21-22-23-25-27-29-31-33-35-41(56)40(53-44(57)36-34-32-30-28-26-24-18-16-14-12-10-8-6-4-2)39-63-51-49(62)47(60)50(43(38-55)65-51)66-52-48(61)46(59)45(58)42(37-54)64-52/h16,18,20-21,25,27,33,35,40-43,45-52,54-56,58-62H,3-15,17,19,22-24,26,28-32,34,36-39H2,1-2H3,(H,53,57)/b18-16-,21-20+,27-25+,35-33+. The summed E-state index contributed by atoms with van der Waals surface area (Å²) in [5, 5.41) is 86.7. The van der Waals surface area contributed by atoms with Gasteiger partial charge in [-0.1, -0.05) is 152 Å². The fraction of sp³-hybridized carbons (Fsp3) is 0.827. The van der Waals surface area contributed by atoms with Gasteiger partial charge in [-0.3, -0.25) is 4.79 Å². The predicted molar refractivity (Wildman–Crippen MR) is 258 cm³/mol. The number of allylic oxidation sites excluding steroid dienone is 7. The molecule has 0 aromatic heterocycles. The summed E-state index contributed by atoms with van der Waals surface area (Å²) in [6.07, 6.45) is 28.6. The predicted octanol–water partition coefficient (Wildman–Crippen LogP) is 6.88. The van der Waals surface area contributed by atoms with Crippen molar-refractivity contribution in [2.45, 2.75) is 254 Å². The molecule has 0 radical (unpaired) electrons. The Hall–Kier alpha value is -2.05. The fourth-order valence-corrected chi connectivity index (χ4v) is 8.20. The lowest BCUT2D eigenvalue weighted by atomic mass is 9.97. The summed E-state index contributed by atoms with van der Waals surface area (Å²) in [6.45, 7) is 2.73. The summed E-state index contributed by atoms with van der Waals surface area (Å²) >= 11 is 0. The van der Waals surface area contributed by atoms with Gasteiger partial charge in [0.2, 0.25) is 5.91 Å². The molecule has 0 spiro atoms. The van der Waals surface area contributed by atoms with Crippen LogP contribution in [-0.4, -0.2) is 140 Å². The van der Waals surface area contributed by atoms with Crippen LogP contribution in [0.2, 0.25) is 0 Å². The summed E-state index contributed by atoms with van der Waals surface area (Å²) in [4.78, 5) is 13.2. The maximum atomic E-state index is 13.2. The van der Waals surface area contributed by atoms with Crippen molar-refractivity contribution in [1.82, 2.24) is 5.32 Å². The topological polar surface area (TPSA) is 228 Å². The van der Waals surface area contributed by atoms with Crippen molar-refractivity contribution in [2.75, 3.05) is 19.8 Å². The quantitative estimate of drug-likeness (QED) is 0.0227. The van der Waals surface area contributed by atoms with Gasteiger partial charge in [0, 0.05) is 6.42 Å². The summed E-state index contributed by atoms with van der Waals surface area (Å²) < 4.78 is 22.7. The number of nitrogens with one attached hydrogen (secondary N) is 1. The van der Waals surface area contributed by atoms with Gasteiger partial charge in [-0.2, -0.15) is 0 Å². The zero-order valence-corrected chi connectivity index (χ0v) is 40.7. The average Bonchev–Trinajstić information content (AvgIpc) is 3.31. The second kappa shape index (κ2) is 38.8. The maximum Gasteiger partial charge on any atom is 0.220 e. The van der Waals surface area contributed by atoms with Gasteiger partial charge in [0.05, 0.1) is 32.0 Å². The highest BCUT2D eigenvalue weighted by atomic mass is 16.7. The molecule has 1 amide bonds. The van der Waals surface area contributed by atoms with E-state index in [2.05, 4.69) is 55.6 Å². The molecular formula is C52H93NO13. The number of ether oxygens (including phenoxy) is 4. The second-order valence-electron chi connectivity index (χ2n) is 18.3. The van der Waals surface area contributed by atoms with E-state index in [0.29, 0.717) is 12.8 Å². The fourth-order valence-electron chi connectivity index (χ4n) is 8.20. The minimum Gasteiger partial charge on any atom is -0.394 e. The van der Waals surface area contributed by atoms with E-state index in [1.807, 2.05) is 6.08 Å². The molecule has 12 atom stereocenters.